The van der Waals surface area contributed by atoms with Crippen molar-refractivity contribution in [1.82, 2.24) is 39.5 Å². The van der Waals surface area contributed by atoms with Crippen LogP contribution < -0.4 is 11.1 Å². The lowest BCUT2D eigenvalue weighted by molar-refractivity contribution is -0.131. The van der Waals surface area contributed by atoms with Gasteiger partial charge in [-0.3, -0.25) is 4.79 Å². The zero-order valence-corrected chi connectivity index (χ0v) is 18.4. The molecule has 0 bridgehead atoms. The molecule has 11 nitrogen and oxygen atoms in total. The zero-order valence-electron chi connectivity index (χ0n) is 18.4. The number of piperidine rings is 1. The van der Waals surface area contributed by atoms with Crippen molar-refractivity contribution in [3.05, 3.63) is 24.1 Å². The van der Waals surface area contributed by atoms with Gasteiger partial charge in [-0.15, -0.1) is 10.2 Å². The minimum Gasteiger partial charge on any atom is -0.382 e. The summed E-state index contributed by atoms with van der Waals surface area (Å²) < 4.78 is 57.4. The number of nitrogens with zero attached hydrogens (tertiary/aromatic N) is 8. The lowest BCUT2D eigenvalue weighted by atomic mass is 10.0. The molecule has 5 rings (SSSR count). The Balaban J connectivity index is 1.48. The zero-order chi connectivity index (χ0) is 24.9. The SMILES string of the molecule is CC(=O)N1CC[C@H](Nc2nc(N)c3c(-c4ccc5nnn(CC(F)F)c5n4)c(F)cn3n2)[C@H](F)C1. The number of anilines is 2. The average molecular weight is 492 g/mol. The van der Waals surface area contributed by atoms with Crippen molar-refractivity contribution in [3.8, 4) is 11.3 Å². The Bertz CT molecular complexity index is 1420. The third-order valence-corrected chi connectivity index (χ3v) is 5.84. The number of halogens is 4. The molecule has 1 fully saturated rings. The number of hydrogen-bond acceptors (Lipinski definition) is 8. The fourth-order valence-electron chi connectivity index (χ4n) is 4.15. The van der Waals surface area contributed by atoms with E-state index in [9.17, 15) is 18.0 Å². The molecule has 1 amide bonds. The Hall–Kier alpha value is -4.04. The van der Waals surface area contributed by atoms with Crippen LogP contribution in [0.4, 0.5) is 29.3 Å². The van der Waals surface area contributed by atoms with E-state index in [0.717, 1.165) is 15.4 Å². The van der Waals surface area contributed by atoms with Gasteiger partial charge in [-0.2, -0.15) is 4.98 Å². The van der Waals surface area contributed by atoms with Crippen LogP contribution in [0.5, 0.6) is 0 Å². The monoisotopic (exact) mass is 492 g/mol. The van der Waals surface area contributed by atoms with Crippen molar-refractivity contribution in [3.63, 3.8) is 0 Å². The summed E-state index contributed by atoms with van der Waals surface area (Å²) in [7, 11) is 0. The molecule has 5 heterocycles. The maximum Gasteiger partial charge on any atom is 0.258 e. The molecule has 184 valence electrons. The van der Waals surface area contributed by atoms with E-state index in [2.05, 4.69) is 30.7 Å². The minimum atomic E-state index is -2.68. The lowest BCUT2D eigenvalue weighted by Crippen LogP contribution is -2.49. The number of carbonyl (C=O) groups excluding carboxylic acids is 1. The highest BCUT2D eigenvalue weighted by molar-refractivity contribution is 5.88. The van der Waals surface area contributed by atoms with Crippen LogP contribution in [0.1, 0.15) is 13.3 Å². The van der Waals surface area contributed by atoms with E-state index in [1.165, 1.54) is 24.0 Å². The summed E-state index contributed by atoms with van der Waals surface area (Å²) in [5, 5.41) is 14.5. The van der Waals surface area contributed by atoms with E-state index < -0.39 is 31.0 Å². The van der Waals surface area contributed by atoms with Gasteiger partial charge < -0.3 is 16.0 Å². The van der Waals surface area contributed by atoms with Crippen LogP contribution in [-0.2, 0) is 11.3 Å². The van der Waals surface area contributed by atoms with Crippen molar-refractivity contribution in [2.24, 2.45) is 0 Å². The van der Waals surface area contributed by atoms with Gasteiger partial charge in [0.05, 0.1) is 30.0 Å². The molecule has 15 heteroatoms. The molecule has 0 unspecified atom stereocenters. The molecule has 1 aliphatic heterocycles. The Kier molecular flexibility index (Phi) is 5.61. The number of nitrogens with two attached hydrogens (primary N) is 1. The Morgan fingerprint density at radius 1 is 1.31 bits per heavy atom. The van der Waals surface area contributed by atoms with Gasteiger partial charge in [0.25, 0.3) is 6.43 Å². The summed E-state index contributed by atoms with van der Waals surface area (Å²) in [6.45, 7) is 0.982. The second kappa shape index (κ2) is 8.63. The normalized spacial score (nSPS) is 18.6. The van der Waals surface area contributed by atoms with E-state index in [-0.39, 0.29) is 52.2 Å². The number of likely N-dealkylation sites (tertiary alicyclic amines) is 1. The van der Waals surface area contributed by atoms with Gasteiger partial charge in [0.1, 0.15) is 23.7 Å². The standard InChI is InChI=1S/C20H20F4N10O/c1-9(35)32-5-4-12(10(21)6-32)27-20-28-18(25)17-16(11(22)7-33(17)30-20)13-2-3-14-19(26-13)34(31-29-14)8-15(23)24/h2-3,7,10,12,15H,4-6,8H2,1H3,(H3,25,27,28,30)/t10-,12+/m1/s1. The molecule has 1 aliphatic rings. The summed E-state index contributed by atoms with van der Waals surface area (Å²) in [6, 6.07) is 2.29. The highest BCUT2D eigenvalue weighted by Crippen LogP contribution is 2.32. The van der Waals surface area contributed by atoms with Crippen molar-refractivity contribution >= 4 is 34.4 Å². The Morgan fingerprint density at radius 3 is 2.83 bits per heavy atom. The number of rotatable bonds is 5. The summed E-state index contributed by atoms with van der Waals surface area (Å²) >= 11 is 0. The van der Waals surface area contributed by atoms with E-state index in [1.807, 2.05) is 0 Å². The number of alkyl halides is 3. The predicted octanol–water partition coefficient (Wildman–Crippen LogP) is 1.89. The van der Waals surface area contributed by atoms with Crippen LogP contribution in [0.2, 0.25) is 0 Å². The predicted molar refractivity (Wildman–Crippen MR) is 117 cm³/mol. The third-order valence-electron chi connectivity index (χ3n) is 5.84. The minimum absolute atomic E-state index is 0.0110. The van der Waals surface area contributed by atoms with Crippen LogP contribution in [0, 0.1) is 5.82 Å². The highest BCUT2D eigenvalue weighted by Gasteiger charge is 2.31. The molecule has 4 aromatic heterocycles. The molecule has 0 spiro atoms. The fraction of sp³-hybridized carbons (Fsp3) is 0.400. The number of nitrogen functional groups attached to an aromatic ring is 1. The van der Waals surface area contributed by atoms with Crippen molar-refractivity contribution < 1.29 is 22.4 Å². The Morgan fingerprint density at radius 2 is 2.11 bits per heavy atom. The van der Waals surface area contributed by atoms with Crippen molar-refractivity contribution in [2.45, 2.75) is 38.5 Å². The number of fused-ring (bicyclic) bond motifs is 2. The third kappa shape index (κ3) is 4.17. The van der Waals surface area contributed by atoms with Gasteiger partial charge in [-0.25, -0.2) is 31.7 Å². The first-order chi connectivity index (χ1) is 16.7. The largest absolute Gasteiger partial charge is 0.382 e. The van der Waals surface area contributed by atoms with Gasteiger partial charge in [0, 0.05) is 13.5 Å². The summed E-state index contributed by atoms with van der Waals surface area (Å²) in [4.78, 5) is 21.3. The molecule has 2 atom stereocenters. The van der Waals surface area contributed by atoms with Crippen molar-refractivity contribution in [1.29, 1.82) is 0 Å². The Labute approximate surface area is 194 Å². The fourth-order valence-corrected chi connectivity index (χ4v) is 4.15. The maximum absolute atomic E-state index is 15.0. The van der Waals surface area contributed by atoms with Crippen LogP contribution in [0.3, 0.4) is 0 Å². The maximum atomic E-state index is 15.0. The number of nitrogens with one attached hydrogen (secondary N) is 1. The number of aromatic nitrogens is 7. The van der Waals surface area contributed by atoms with E-state index in [4.69, 9.17) is 5.73 Å². The quantitative estimate of drug-likeness (QED) is 0.404. The molecule has 0 saturated carbocycles. The topological polar surface area (TPSA) is 132 Å². The molecule has 3 N–H and O–H groups in total. The van der Waals surface area contributed by atoms with Crippen LogP contribution in [-0.4, -0.2) is 77.1 Å². The second-order valence-corrected chi connectivity index (χ2v) is 8.19. The van der Waals surface area contributed by atoms with Crippen molar-refractivity contribution in [2.75, 3.05) is 24.1 Å². The number of amides is 1. The van der Waals surface area contributed by atoms with E-state index in [1.54, 1.807) is 0 Å². The second-order valence-electron chi connectivity index (χ2n) is 8.19. The molecule has 1 saturated heterocycles. The van der Waals surface area contributed by atoms with Gasteiger partial charge >= 0.3 is 0 Å². The molecule has 4 aromatic rings. The van der Waals surface area contributed by atoms with E-state index >= 15 is 4.39 Å². The van der Waals surface area contributed by atoms with E-state index in [0.29, 0.717) is 13.0 Å². The first-order valence-electron chi connectivity index (χ1n) is 10.7. The van der Waals surface area contributed by atoms with Crippen LogP contribution in [0.15, 0.2) is 18.3 Å². The van der Waals surface area contributed by atoms with Gasteiger partial charge in [0.15, 0.2) is 17.3 Å². The smallest absolute Gasteiger partial charge is 0.258 e. The molecule has 0 radical (unpaired) electrons. The molecule has 0 aliphatic carbocycles. The average Bonchev–Trinajstić information content (AvgIpc) is 3.34. The summed E-state index contributed by atoms with van der Waals surface area (Å²) in [5.41, 5.74) is 6.63. The molecular weight excluding hydrogens is 472 g/mol. The van der Waals surface area contributed by atoms with Gasteiger partial charge in [-0.05, 0) is 18.6 Å². The van der Waals surface area contributed by atoms with Gasteiger partial charge in [-0.1, -0.05) is 5.21 Å². The first-order valence-corrected chi connectivity index (χ1v) is 10.7. The van der Waals surface area contributed by atoms with Crippen LogP contribution in [0.25, 0.3) is 27.9 Å². The molecule has 35 heavy (non-hydrogen) atoms. The van der Waals surface area contributed by atoms with Gasteiger partial charge in [0.2, 0.25) is 11.9 Å². The molecular formula is C20H20F4N10O. The number of hydrogen-bond donors (Lipinski definition) is 2. The highest BCUT2D eigenvalue weighted by atomic mass is 19.3. The lowest BCUT2D eigenvalue weighted by Gasteiger charge is -2.34. The first kappa shape index (κ1) is 22.7. The number of pyridine rings is 1. The summed E-state index contributed by atoms with van der Waals surface area (Å²) in [6.07, 6.45) is -2.63. The van der Waals surface area contributed by atoms with Crippen LogP contribution >= 0.6 is 0 Å². The number of carbonyl (C=O) groups is 1. The molecule has 0 aromatic carbocycles. The summed E-state index contributed by atoms with van der Waals surface area (Å²) in [5.74, 6) is -1.04.